The van der Waals surface area contributed by atoms with E-state index in [0.29, 0.717) is 39.4 Å². The van der Waals surface area contributed by atoms with E-state index in [2.05, 4.69) is 10.1 Å². The van der Waals surface area contributed by atoms with Crippen LogP contribution in [-0.2, 0) is 6.42 Å². The minimum Gasteiger partial charge on any atom is -0.397 e. The van der Waals surface area contributed by atoms with Crippen molar-refractivity contribution in [2.24, 2.45) is 0 Å². The predicted molar refractivity (Wildman–Crippen MR) is 76.4 cm³/mol. The quantitative estimate of drug-likeness (QED) is 0.879. The van der Waals surface area contributed by atoms with Crippen LogP contribution in [0.5, 0.6) is 0 Å². The number of anilines is 1. The summed E-state index contributed by atoms with van der Waals surface area (Å²) in [5.41, 5.74) is 6.72. The van der Waals surface area contributed by atoms with E-state index in [4.69, 9.17) is 33.5 Å². The Bertz CT molecular complexity index is 583. The normalized spacial score (nSPS) is 11.2. The predicted octanol–water partition coefficient (Wildman–Crippen LogP) is 2.73. The van der Waals surface area contributed by atoms with Gasteiger partial charge in [-0.2, -0.15) is 4.98 Å². The van der Waals surface area contributed by atoms with Crippen LogP contribution >= 0.6 is 23.2 Å². The fourth-order valence-electron chi connectivity index (χ4n) is 1.57. The van der Waals surface area contributed by atoms with Crippen molar-refractivity contribution in [3.8, 4) is 11.5 Å². The molecule has 0 amide bonds. The van der Waals surface area contributed by atoms with Gasteiger partial charge in [0.25, 0.3) is 5.89 Å². The second kappa shape index (κ2) is 5.77. The molecule has 0 aliphatic rings. The fraction of sp³-hybridized carbons (Fsp3) is 0.333. The average molecular weight is 301 g/mol. The second-order valence-electron chi connectivity index (χ2n) is 4.39. The Kier molecular flexibility index (Phi) is 4.29. The lowest BCUT2D eigenvalue weighted by Gasteiger charge is -2.06. The van der Waals surface area contributed by atoms with Crippen molar-refractivity contribution in [1.29, 1.82) is 0 Å². The van der Waals surface area contributed by atoms with Crippen LogP contribution in [0.3, 0.4) is 0 Å². The van der Waals surface area contributed by atoms with Crippen LogP contribution in [-0.4, -0.2) is 35.7 Å². The van der Waals surface area contributed by atoms with E-state index in [1.807, 2.05) is 19.0 Å². The van der Waals surface area contributed by atoms with Crippen LogP contribution in [0.2, 0.25) is 10.0 Å². The van der Waals surface area contributed by atoms with E-state index >= 15 is 0 Å². The summed E-state index contributed by atoms with van der Waals surface area (Å²) in [7, 11) is 3.96. The molecule has 0 aliphatic carbocycles. The largest absolute Gasteiger partial charge is 0.397 e. The first-order valence-electron chi connectivity index (χ1n) is 5.70. The summed E-state index contributed by atoms with van der Waals surface area (Å²) in [6.07, 6.45) is 0.689. The molecule has 2 rings (SSSR count). The number of likely N-dealkylation sites (N-methyl/N-ethyl adjacent to an activating group) is 1. The van der Waals surface area contributed by atoms with E-state index < -0.39 is 0 Å². The zero-order valence-corrected chi connectivity index (χ0v) is 12.2. The van der Waals surface area contributed by atoms with Crippen molar-refractivity contribution in [3.05, 3.63) is 28.0 Å². The highest BCUT2D eigenvalue weighted by Gasteiger charge is 2.17. The third-order valence-electron chi connectivity index (χ3n) is 2.61. The lowest BCUT2D eigenvalue weighted by molar-refractivity contribution is 0.392. The standard InChI is InChI=1S/C12H14Cl2N4O/c1-18(2)6-5-9-16-12(19-17-9)10-7(13)3-4-8(14)11(10)15/h3-4H,5-6,15H2,1-2H3. The first-order chi connectivity index (χ1) is 8.99. The summed E-state index contributed by atoms with van der Waals surface area (Å²) in [6.45, 7) is 0.831. The van der Waals surface area contributed by atoms with Crippen LogP contribution < -0.4 is 5.73 Å². The molecule has 0 aliphatic heterocycles. The number of benzene rings is 1. The van der Waals surface area contributed by atoms with Gasteiger partial charge in [0, 0.05) is 13.0 Å². The number of rotatable bonds is 4. The van der Waals surface area contributed by atoms with E-state index in [1.165, 1.54) is 0 Å². The van der Waals surface area contributed by atoms with Crippen molar-refractivity contribution in [2.45, 2.75) is 6.42 Å². The third-order valence-corrected chi connectivity index (χ3v) is 3.25. The molecule has 0 spiro atoms. The topological polar surface area (TPSA) is 68.2 Å². The number of hydrogen-bond acceptors (Lipinski definition) is 5. The maximum Gasteiger partial charge on any atom is 0.261 e. The maximum absolute atomic E-state index is 6.10. The molecule has 1 heterocycles. The van der Waals surface area contributed by atoms with Crippen molar-refractivity contribution in [1.82, 2.24) is 15.0 Å². The number of nitrogens with zero attached hydrogens (tertiary/aromatic N) is 3. The maximum atomic E-state index is 6.10. The molecule has 0 atom stereocenters. The third kappa shape index (κ3) is 3.18. The number of nitrogens with two attached hydrogens (primary N) is 1. The Morgan fingerprint density at radius 2 is 1.95 bits per heavy atom. The summed E-state index contributed by atoms with van der Waals surface area (Å²) in [6, 6.07) is 3.28. The van der Waals surface area contributed by atoms with Crippen molar-refractivity contribution in [2.75, 3.05) is 26.4 Å². The van der Waals surface area contributed by atoms with Crippen LogP contribution in [0.4, 0.5) is 5.69 Å². The molecular formula is C12H14Cl2N4O. The number of hydrogen-bond donors (Lipinski definition) is 1. The van der Waals surface area contributed by atoms with Gasteiger partial charge in [-0.25, -0.2) is 0 Å². The SMILES string of the molecule is CN(C)CCc1noc(-c2c(Cl)ccc(Cl)c2N)n1. The lowest BCUT2D eigenvalue weighted by Crippen LogP contribution is -2.15. The molecule has 5 nitrogen and oxygen atoms in total. The second-order valence-corrected chi connectivity index (χ2v) is 5.20. The molecule has 0 fully saturated rings. The summed E-state index contributed by atoms with van der Waals surface area (Å²) < 4.78 is 5.20. The smallest absolute Gasteiger partial charge is 0.261 e. The summed E-state index contributed by atoms with van der Waals surface area (Å²) in [5, 5.41) is 4.75. The number of halogens is 2. The molecule has 2 N–H and O–H groups in total. The Hall–Kier alpha value is -1.30. The molecule has 102 valence electrons. The lowest BCUT2D eigenvalue weighted by atomic mass is 10.2. The average Bonchev–Trinajstić information content (AvgIpc) is 2.80. The van der Waals surface area contributed by atoms with Crippen LogP contribution in [0.1, 0.15) is 5.82 Å². The van der Waals surface area contributed by atoms with Gasteiger partial charge < -0.3 is 15.2 Å². The first kappa shape index (κ1) is 14.1. The monoisotopic (exact) mass is 300 g/mol. The minimum atomic E-state index is 0.291. The van der Waals surface area contributed by atoms with E-state index in [0.717, 1.165) is 6.54 Å². The molecule has 1 aromatic heterocycles. The Labute approximate surface area is 121 Å². The molecule has 2 aromatic rings. The Morgan fingerprint density at radius 1 is 1.26 bits per heavy atom. The first-order valence-corrected chi connectivity index (χ1v) is 6.45. The summed E-state index contributed by atoms with van der Waals surface area (Å²) in [5.74, 6) is 0.901. The summed E-state index contributed by atoms with van der Waals surface area (Å²) >= 11 is 12.1. The molecule has 19 heavy (non-hydrogen) atoms. The molecular weight excluding hydrogens is 287 g/mol. The molecule has 0 radical (unpaired) electrons. The van der Waals surface area contributed by atoms with Crippen LogP contribution in [0.25, 0.3) is 11.5 Å². The van der Waals surface area contributed by atoms with Crippen molar-refractivity contribution >= 4 is 28.9 Å². The van der Waals surface area contributed by atoms with Gasteiger partial charge >= 0.3 is 0 Å². The molecule has 0 bridgehead atoms. The van der Waals surface area contributed by atoms with Gasteiger partial charge in [0.05, 0.1) is 21.3 Å². The van der Waals surface area contributed by atoms with Gasteiger partial charge in [-0.1, -0.05) is 28.4 Å². The highest BCUT2D eigenvalue weighted by atomic mass is 35.5. The van der Waals surface area contributed by atoms with Gasteiger partial charge in [-0.15, -0.1) is 0 Å². The highest BCUT2D eigenvalue weighted by molar-refractivity contribution is 6.37. The van der Waals surface area contributed by atoms with Gasteiger partial charge in [0.15, 0.2) is 5.82 Å². The molecule has 1 aromatic carbocycles. The Morgan fingerprint density at radius 3 is 2.63 bits per heavy atom. The van der Waals surface area contributed by atoms with Crippen molar-refractivity contribution < 1.29 is 4.52 Å². The minimum absolute atomic E-state index is 0.291. The molecule has 0 saturated carbocycles. The van der Waals surface area contributed by atoms with E-state index in [9.17, 15) is 0 Å². The molecule has 7 heteroatoms. The van der Waals surface area contributed by atoms with Gasteiger partial charge in [-0.3, -0.25) is 0 Å². The molecule has 0 unspecified atom stereocenters. The Balaban J connectivity index is 2.30. The zero-order valence-electron chi connectivity index (χ0n) is 10.7. The van der Waals surface area contributed by atoms with Crippen LogP contribution in [0, 0.1) is 0 Å². The van der Waals surface area contributed by atoms with E-state index in [1.54, 1.807) is 12.1 Å². The molecule has 0 saturated heterocycles. The fourth-order valence-corrected chi connectivity index (χ4v) is 1.97. The van der Waals surface area contributed by atoms with Gasteiger partial charge in [-0.05, 0) is 26.2 Å². The van der Waals surface area contributed by atoms with E-state index in [-0.39, 0.29) is 0 Å². The van der Waals surface area contributed by atoms with Gasteiger partial charge in [0.1, 0.15) is 0 Å². The highest BCUT2D eigenvalue weighted by Crippen LogP contribution is 2.36. The number of aromatic nitrogens is 2. The zero-order chi connectivity index (χ0) is 14.0. The summed E-state index contributed by atoms with van der Waals surface area (Å²) in [4.78, 5) is 6.33. The number of nitrogen functional groups attached to an aromatic ring is 1. The van der Waals surface area contributed by atoms with Gasteiger partial charge in [0.2, 0.25) is 0 Å². The van der Waals surface area contributed by atoms with Crippen LogP contribution in [0.15, 0.2) is 16.7 Å². The van der Waals surface area contributed by atoms with Crippen molar-refractivity contribution in [3.63, 3.8) is 0 Å².